The summed E-state index contributed by atoms with van der Waals surface area (Å²) >= 11 is 0. The topological polar surface area (TPSA) is 120 Å². The number of methoxy groups -OCH3 is 1. The number of aromatic nitrogens is 4. The van der Waals surface area contributed by atoms with Gasteiger partial charge < -0.3 is 29.8 Å². The van der Waals surface area contributed by atoms with Gasteiger partial charge in [0.15, 0.2) is 5.82 Å². The number of imidazole rings is 1. The molecule has 2 bridgehead atoms. The highest BCUT2D eigenvalue weighted by molar-refractivity contribution is 6.00. The molecule has 10 nitrogen and oxygen atoms in total. The summed E-state index contributed by atoms with van der Waals surface area (Å²) in [6.45, 7) is 3.27. The minimum absolute atomic E-state index is 0.0160. The lowest BCUT2D eigenvalue weighted by molar-refractivity contribution is -0.123. The molecule has 236 valence electrons. The first-order valence-electron chi connectivity index (χ1n) is 16.3. The standard InChI is InChI=1S/C34H40FN7O3/c1-17(37-33(43)23-14-24(23)35)26-9-7-20-12-28(42(31(20)38-26)15-18-4-5-18)32-39-27-11-21(13-29(45-3)30(27)40(32)2)34(44)41-16-25(36)19-6-8-22(41)10-19/h7,9,11-13,17-19,22-25H,4-6,8,10,14-16,36H2,1-3H3,(H,37,43)/t17-,19-,22+,23-,24-,25+/m1/s1. The van der Waals surface area contributed by atoms with Crippen LogP contribution < -0.4 is 15.8 Å². The number of fused-ring (bicyclic) bond motifs is 4. The Morgan fingerprint density at radius 1 is 1.13 bits per heavy atom. The van der Waals surface area contributed by atoms with Crippen LogP contribution in [0.3, 0.4) is 0 Å². The lowest BCUT2D eigenvalue weighted by Crippen LogP contribution is -2.51. The van der Waals surface area contributed by atoms with Crippen LogP contribution in [-0.4, -0.2) is 67.7 Å². The fourth-order valence-corrected chi connectivity index (χ4v) is 7.56. The number of carbonyl (C=O) groups is 2. The number of aryl methyl sites for hydroxylation is 1. The van der Waals surface area contributed by atoms with E-state index in [4.69, 9.17) is 20.4 Å². The lowest BCUT2D eigenvalue weighted by Gasteiger charge is -2.37. The molecule has 0 unspecified atom stereocenters. The number of halogens is 1. The average molecular weight is 614 g/mol. The summed E-state index contributed by atoms with van der Waals surface area (Å²) in [6.07, 6.45) is 4.66. The number of hydrogen-bond acceptors (Lipinski definition) is 6. The van der Waals surface area contributed by atoms with E-state index in [0.717, 1.165) is 59.6 Å². The van der Waals surface area contributed by atoms with Gasteiger partial charge in [-0.05, 0) is 87.6 Å². The summed E-state index contributed by atoms with van der Waals surface area (Å²) < 4.78 is 23.6. The number of alkyl halides is 1. The van der Waals surface area contributed by atoms with Crippen LogP contribution in [0, 0.1) is 17.8 Å². The van der Waals surface area contributed by atoms with E-state index < -0.39 is 12.1 Å². The molecule has 0 radical (unpaired) electrons. The van der Waals surface area contributed by atoms with E-state index >= 15 is 0 Å². The molecule has 8 rings (SSSR count). The molecule has 2 amide bonds. The summed E-state index contributed by atoms with van der Waals surface area (Å²) in [4.78, 5) is 38.3. The largest absolute Gasteiger partial charge is 0.494 e. The molecule has 1 aromatic carbocycles. The number of rotatable bonds is 8. The number of benzene rings is 1. The van der Waals surface area contributed by atoms with Crippen LogP contribution >= 0.6 is 0 Å². The van der Waals surface area contributed by atoms with Crippen molar-refractivity contribution < 1.29 is 18.7 Å². The summed E-state index contributed by atoms with van der Waals surface area (Å²) in [5.41, 5.74) is 11.0. The van der Waals surface area contributed by atoms with Gasteiger partial charge in [-0.1, -0.05) is 0 Å². The summed E-state index contributed by atoms with van der Waals surface area (Å²) in [5, 5.41) is 3.91. The number of carbonyl (C=O) groups excluding carboxylic acids is 2. The van der Waals surface area contributed by atoms with E-state index in [1.807, 2.05) is 47.7 Å². The van der Waals surface area contributed by atoms with Crippen LogP contribution in [-0.2, 0) is 18.4 Å². The van der Waals surface area contributed by atoms with Gasteiger partial charge in [0.2, 0.25) is 5.91 Å². The van der Waals surface area contributed by atoms with Crippen molar-refractivity contribution >= 4 is 33.9 Å². The maximum absolute atomic E-state index is 13.8. The van der Waals surface area contributed by atoms with Gasteiger partial charge in [-0.15, -0.1) is 0 Å². The first kappa shape index (κ1) is 28.5. The Kier molecular flexibility index (Phi) is 6.67. The number of nitrogens with zero attached hydrogens (tertiary/aromatic N) is 5. The molecular formula is C34H40FN7O3. The van der Waals surface area contributed by atoms with E-state index in [0.29, 0.717) is 41.6 Å². The maximum Gasteiger partial charge on any atom is 0.254 e. The predicted octanol–water partition coefficient (Wildman–Crippen LogP) is 4.50. The van der Waals surface area contributed by atoms with E-state index in [1.165, 1.54) is 12.8 Å². The molecule has 3 aliphatic carbocycles. The second-order valence-corrected chi connectivity index (χ2v) is 13.7. The monoisotopic (exact) mass is 613 g/mol. The molecule has 1 aliphatic heterocycles. The molecule has 3 N–H and O–H groups in total. The Hall–Kier alpha value is -3.99. The third-order valence-electron chi connectivity index (χ3n) is 10.5. The third-order valence-corrected chi connectivity index (χ3v) is 10.5. The Labute approximate surface area is 261 Å². The Morgan fingerprint density at radius 3 is 2.67 bits per heavy atom. The van der Waals surface area contributed by atoms with Crippen molar-refractivity contribution in [2.24, 2.45) is 30.5 Å². The normalized spacial score (nSPS) is 26.4. The van der Waals surface area contributed by atoms with Crippen LogP contribution in [0.25, 0.3) is 33.6 Å². The summed E-state index contributed by atoms with van der Waals surface area (Å²) in [5.74, 6) is 1.62. The lowest BCUT2D eigenvalue weighted by atomic mass is 9.94. The van der Waals surface area contributed by atoms with E-state index in [2.05, 4.69) is 16.0 Å². The van der Waals surface area contributed by atoms with Gasteiger partial charge >= 0.3 is 0 Å². The van der Waals surface area contributed by atoms with Crippen molar-refractivity contribution in [3.05, 3.63) is 41.6 Å². The molecule has 1 saturated heterocycles. The van der Waals surface area contributed by atoms with Gasteiger partial charge in [-0.25, -0.2) is 14.4 Å². The highest BCUT2D eigenvalue weighted by Gasteiger charge is 2.44. The second-order valence-electron chi connectivity index (χ2n) is 13.7. The Bertz CT molecular complexity index is 1840. The second kappa shape index (κ2) is 10.5. The molecule has 0 spiro atoms. The van der Waals surface area contributed by atoms with Crippen molar-refractivity contribution in [3.63, 3.8) is 0 Å². The zero-order chi connectivity index (χ0) is 31.1. The van der Waals surface area contributed by atoms with Gasteiger partial charge in [0.25, 0.3) is 5.91 Å². The minimum Gasteiger partial charge on any atom is -0.494 e. The van der Waals surface area contributed by atoms with Crippen LogP contribution in [0.5, 0.6) is 5.75 Å². The zero-order valence-corrected chi connectivity index (χ0v) is 26.0. The Balaban J connectivity index is 1.17. The fourth-order valence-electron chi connectivity index (χ4n) is 7.56. The molecule has 4 aromatic rings. The molecule has 11 heteroatoms. The first-order valence-corrected chi connectivity index (χ1v) is 16.3. The van der Waals surface area contributed by atoms with Gasteiger partial charge in [0.1, 0.15) is 23.1 Å². The number of piperidine rings is 1. The zero-order valence-electron chi connectivity index (χ0n) is 26.0. The van der Waals surface area contributed by atoms with Gasteiger partial charge in [0.05, 0.1) is 36.0 Å². The van der Waals surface area contributed by atoms with Crippen molar-refractivity contribution in [2.75, 3.05) is 13.7 Å². The molecule has 4 heterocycles. The van der Waals surface area contributed by atoms with Gasteiger partial charge in [0, 0.05) is 43.2 Å². The maximum atomic E-state index is 13.8. The molecule has 4 aliphatic rings. The highest BCUT2D eigenvalue weighted by atomic mass is 19.1. The van der Waals surface area contributed by atoms with E-state index in [-0.39, 0.29) is 29.9 Å². The van der Waals surface area contributed by atoms with E-state index in [9.17, 15) is 14.0 Å². The number of nitrogens with two attached hydrogens (primary N) is 1. The Morgan fingerprint density at radius 2 is 1.93 bits per heavy atom. The van der Waals surface area contributed by atoms with Crippen molar-refractivity contribution in [1.82, 2.24) is 29.3 Å². The molecule has 6 atom stereocenters. The van der Waals surface area contributed by atoms with Gasteiger partial charge in [-0.3, -0.25) is 9.59 Å². The number of amides is 2. The number of ether oxygens (including phenoxy) is 1. The minimum atomic E-state index is -1.04. The number of nitrogens with one attached hydrogen (secondary N) is 1. The number of likely N-dealkylation sites (tertiary alicyclic amines) is 1. The SMILES string of the molecule is COc1cc(C(=O)N2C[C@H](N)[C@@H]3CC[C@H]2C3)cc2nc(-c3cc4ccc([C@@H](C)NC(=O)[C@@H]5C[C@H]5F)nc4n3CC3CC3)n(C)c12. The fraction of sp³-hybridized carbons (Fsp3) is 0.529. The number of hydrogen-bond donors (Lipinski definition) is 2. The molecule has 3 aromatic heterocycles. The third kappa shape index (κ3) is 4.86. The van der Waals surface area contributed by atoms with Crippen LogP contribution in [0.4, 0.5) is 4.39 Å². The average Bonchev–Trinajstić information content (AvgIpc) is 3.88. The smallest absolute Gasteiger partial charge is 0.254 e. The predicted molar refractivity (Wildman–Crippen MR) is 168 cm³/mol. The van der Waals surface area contributed by atoms with Crippen molar-refractivity contribution in [3.8, 4) is 17.3 Å². The summed E-state index contributed by atoms with van der Waals surface area (Å²) in [7, 11) is 3.60. The summed E-state index contributed by atoms with van der Waals surface area (Å²) in [6, 6.07) is 9.69. The van der Waals surface area contributed by atoms with Crippen LogP contribution in [0.2, 0.25) is 0 Å². The van der Waals surface area contributed by atoms with Crippen molar-refractivity contribution in [1.29, 1.82) is 0 Å². The highest BCUT2D eigenvalue weighted by Crippen LogP contribution is 2.40. The number of pyridine rings is 1. The van der Waals surface area contributed by atoms with Gasteiger partial charge in [-0.2, -0.15) is 0 Å². The molecule has 3 saturated carbocycles. The first-order chi connectivity index (χ1) is 21.7. The van der Waals surface area contributed by atoms with Crippen LogP contribution in [0.15, 0.2) is 30.3 Å². The van der Waals surface area contributed by atoms with Crippen LogP contribution in [0.1, 0.15) is 67.5 Å². The molecule has 45 heavy (non-hydrogen) atoms. The molecular weight excluding hydrogens is 573 g/mol. The van der Waals surface area contributed by atoms with Crippen molar-refractivity contribution in [2.45, 2.75) is 76.3 Å². The molecule has 4 fully saturated rings. The van der Waals surface area contributed by atoms with E-state index in [1.54, 1.807) is 7.11 Å². The quantitative estimate of drug-likeness (QED) is 0.302.